The Kier molecular flexibility index (Phi) is 7.54. The van der Waals surface area contributed by atoms with Gasteiger partial charge in [-0.05, 0) is 20.8 Å². The minimum atomic E-state index is 0.182. The van der Waals surface area contributed by atoms with Crippen molar-refractivity contribution in [1.29, 1.82) is 0 Å². The first kappa shape index (κ1) is 21.4. The van der Waals surface area contributed by atoms with E-state index in [-0.39, 0.29) is 5.92 Å². The summed E-state index contributed by atoms with van der Waals surface area (Å²) in [6, 6.07) is 3.68. The van der Waals surface area contributed by atoms with Crippen molar-refractivity contribution in [2.24, 2.45) is 4.99 Å². The van der Waals surface area contributed by atoms with Crippen LogP contribution >= 0.6 is 0 Å². The number of nitrogens with zero attached hydrogens (tertiary/aromatic N) is 2. The SMILES string of the molecule is CCNC(=NCC(C)c1c(C)noc1C)Nc1cc(OC)c(OC)c(OC)c1. The highest BCUT2D eigenvalue weighted by atomic mass is 16.5. The molecule has 2 rings (SSSR count). The summed E-state index contributed by atoms with van der Waals surface area (Å²) >= 11 is 0. The highest BCUT2D eigenvalue weighted by molar-refractivity contribution is 5.94. The van der Waals surface area contributed by atoms with Gasteiger partial charge in [0.05, 0.1) is 27.0 Å². The molecular formula is C20H30N4O4. The number of aryl methyl sites for hydroxylation is 2. The molecule has 8 heteroatoms. The summed E-state index contributed by atoms with van der Waals surface area (Å²) in [7, 11) is 4.76. The average molecular weight is 390 g/mol. The third-order valence-corrected chi connectivity index (χ3v) is 4.38. The Hall–Kier alpha value is -2.90. The zero-order chi connectivity index (χ0) is 20.7. The van der Waals surface area contributed by atoms with Gasteiger partial charge in [-0.25, -0.2) is 0 Å². The molecule has 8 nitrogen and oxygen atoms in total. The predicted octanol–water partition coefficient (Wildman–Crippen LogP) is 3.50. The summed E-state index contributed by atoms with van der Waals surface area (Å²) in [6.07, 6.45) is 0. The second-order valence-electron chi connectivity index (χ2n) is 6.40. The Morgan fingerprint density at radius 1 is 1.14 bits per heavy atom. The number of rotatable bonds is 8. The number of anilines is 1. The number of methoxy groups -OCH3 is 3. The van der Waals surface area contributed by atoms with Gasteiger partial charge in [0, 0.05) is 42.4 Å². The standard InChI is InChI=1S/C20H30N4O4/c1-8-21-20(22-11-12(2)18-13(3)24-28-14(18)4)23-15-9-16(25-5)19(27-7)17(10-15)26-6/h9-10,12H,8,11H2,1-7H3,(H2,21,22,23). The molecule has 2 aromatic rings. The zero-order valence-corrected chi connectivity index (χ0v) is 17.7. The fraction of sp³-hybridized carbons (Fsp3) is 0.500. The summed E-state index contributed by atoms with van der Waals surface area (Å²) in [5.74, 6) is 3.37. The number of nitrogens with one attached hydrogen (secondary N) is 2. The molecule has 154 valence electrons. The van der Waals surface area contributed by atoms with E-state index < -0.39 is 0 Å². The van der Waals surface area contributed by atoms with E-state index in [0.29, 0.717) is 29.8 Å². The van der Waals surface area contributed by atoms with Gasteiger partial charge in [0.2, 0.25) is 5.75 Å². The second kappa shape index (κ2) is 9.87. The maximum Gasteiger partial charge on any atom is 0.203 e. The number of aliphatic imine (C=N–C) groups is 1. The van der Waals surface area contributed by atoms with Crippen molar-refractivity contribution in [3.05, 3.63) is 29.2 Å². The van der Waals surface area contributed by atoms with Crippen LogP contribution in [0.3, 0.4) is 0 Å². The van der Waals surface area contributed by atoms with Crippen LogP contribution in [0, 0.1) is 13.8 Å². The second-order valence-corrected chi connectivity index (χ2v) is 6.40. The van der Waals surface area contributed by atoms with Crippen LogP contribution in [0.25, 0.3) is 0 Å². The molecule has 1 heterocycles. The molecule has 0 amide bonds. The molecule has 1 unspecified atom stereocenters. The molecule has 0 saturated heterocycles. The van der Waals surface area contributed by atoms with Gasteiger partial charge in [0.25, 0.3) is 0 Å². The molecule has 1 aromatic heterocycles. The smallest absolute Gasteiger partial charge is 0.203 e. The van der Waals surface area contributed by atoms with Crippen LogP contribution in [-0.4, -0.2) is 45.5 Å². The molecule has 0 radical (unpaired) electrons. The first-order chi connectivity index (χ1) is 13.4. The van der Waals surface area contributed by atoms with E-state index in [9.17, 15) is 0 Å². The Balaban J connectivity index is 2.23. The van der Waals surface area contributed by atoms with Crippen molar-refractivity contribution in [2.45, 2.75) is 33.6 Å². The first-order valence-electron chi connectivity index (χ1n) is 9.23. The van der Waals surface area contributed by atoms with Gasteiger partial charge in [-0.2, -0.15) is 0 Å². The minimum Gasteiger partial charge on any atom is -0.493 e. The molecule has 0 aliphatic carbocycles. The Labute approximate surface area is 166 Å². The fourth-order valence-electron chi connectivity index (χ4n) is 3.11. The molecular weight excluding hydrogens is 360 g/mol. The van der Waals surface area contributed by atoms with Crippen molar-refractivity contribution in [1.82, 2.24) is 10.5 Å². The highest BCUT2D eigenvalue weighted by Crippen LogP contribution is 2.39. The molecule has 1 aromatic carbocycles. The minimum absolute atomic E-state index is 0.182. The van der Waals surface area contributed by atoms with E-state index >= 15 is 0 Å². The molecule has 0 bridgehead atoms. The van der Waals surface area contributed by atoms with E-state index in [1.165, 1.54) is 0 Å². The van der Waals surface area contributed by atoms with Gasteiger partial charge in [-0.15, -0.1) is 0 Å². The molecule has 1 atom stereocenters. The zero-order valence-electron chi connectivity index (χ0n) is 17.7. The monoisotopic (exact) mass is 390 g/mol. The van der Waals surface area contributed by atoms with E-state index in [0.717, 1.165) is 29.2 Å². The highest BCUT2D eigenvalue weighted by Gasteiger charge is 2.17. The lowest BCUT2D eigenvalue weighted by molar-refractivity contribution is 0.324. The quantitative estimate of drug-likeness (QED) is 0.527. The van der Waals surface area contributed by atoms with Crippen molar-refractivity contribution in [3.63, 3.8) is 0 Å². The van der Waals surface area contributed by atoms with Gasteiger partial charge >= 0.3 is 0 Å². The fourth-order valence-corrected chi connectivity index (χ4v) is 3.11. The molecule has 0 fully saturated rings. The lowest BCUT2D eigenvalue weighted by atomic mass is 10.00. The van der Waals surface area contributed by atoms with Crippen LogP contribution in [0.4, 0.5) is 5.69 Å². The number of benzene rings is 1. The number of hydrogen-bond donors (Lipinski definition) is 2. The molecule has 0 saturated carbocycles. The summed E-state index contributed by atoms with van der Waals surface area (Å²) in [5.41, 5.74) is 2.79. The van der Waals surface area contributed by atoms with E-state index in [1.54, 1.807) is 21.3 Å². The van der Waals surface area contributed by atoms with Crippen molar-refractivity contribution in [2.75, 3.05) is 39.7 Å². The van der Waals surface area contributed by atoms with Crippen LogP contribution in [-0.2, 0) is 0 Å². The van der Waals surface area contributed by atoms with Crippen LogP contribution in [0.15, 0.2) is 21.6 Å². The van der Waals surface area contributed by atoms with Crippen LogP contribution in [0.1, 0.15) is 36.8 Å². The Morgan fingerprint density at radius 3 is 2.25 bits per heavy atom. The van der Waals surface area contributed by atoms with E-state index in [4.69, 9.17) is 23.7 Å². The normalized spacial score (nSPS) is 12.5. The Bertz CT molecular complexity index is 772. The summed E-state index contributed by atoms with van der Waals surface area (Å²) in [4.78, 5) is 4.71. The predicted molar refractivity (Wildman–Crippen MR) is 110 cm³/mol. The maximum atomic E-state index is 5.41. The lowest BCUT2D eigenvalue weighted by Crippen LogP contribution is -2.31. The van der Waals surface area contributed by atoms with Gasteiger partial charge in [0.15, 0.2) is 17.5 Å². The number of ether oxygens (including phenoxy) is 3. The first-order valence-corrected chi connectivity index (χ1v) is 9.23. The molecule has 0 spiro atoms. The van der Waals surface area contributed by atoms with Gasteiger partial charge in [0.1, 0.15) is 5.76 Å². The third kappa shape index (κ3) is 4.88. The van der Waals surface area contributed by atoms with Gasteiger partial charge < -0.3 is 29.4 Å². The third-order valence-electron chi connectivity index (χ3n) is 4.38. The molecule has 2 N–H and O–H groups in total. The topological polar surface area (TPSA) is 90.1 Å². The number of guanidine groups is 1. The number of aromatic nitrogens is 1. The maximum absolute atomic E-state index is 5.41. The van der Waals surface area contributed by atoms with Gasteiger partial charge in [-0.1, -0.05) is 12.1 Å². The summed E-state index contributed by atoms with van der Waals surface area (Å²) in [6.45, 7) is 9.32. The Morgan fingerprint density at radius 2 is 1.79 bits per heavy atom. The molecule has 28 heavy (non-hydrogen) atoms. The number of hydrogen-bond acceptors (Lipinski definition) is 6. The average Bonchev–Trinajstić information content (AvgIpc) is 3.03. The van der Waals surface area contributed by atoms with Gasteiger partial charge in [-0.3, -0.25) is 4.99 Å². The molecule has 0 aliphatic heterocycles. The van der Waals surface area contributed by atoms with Crippen LogP contribution in [0.2, 0.25) is 0 Å². The van der Waals surface area contributed by atoms with Crippen molar-refractivity contribution < 1.29 is 18.7 Å². The van der Waals surface area contributed by atoms with Crippen molar-refractivity contribution in [3.8, 4) is 17.2 Å². The van der Waals surface area contributed by atoms with Crippen molar-refractivity contribution >= 4 is 11.6 Å². The largest absolute Gasteiger partial charge is 0.493 e. The molecule has 0 aliphatic rings. The van der Waals surface area contributed by atoms with E-state index in [2.05, 4.69) is 22.7 Å². The lowest BCUT2D eigenvalue weighted by Gasteiger charge is -2.17. The van der Waals surface area contributed by atoms with E-state index in [1.807, 2.05) is 32.9 Å². The summed E-state index contributed by atoms with van der Waals surface area (Å²) in [5, 5.41) is 10.6. The van der Waals surface area contributed by atoms with Crippen LogP contribution in [0.5, 0.6) is 17.2 Å². The van der Waals surface area contributed by atoms with Crippen LogP contribution < -0.4 is 24.8 Å². The summed E-state index contributed by atoms with van der Waals surface area (Å²) < 4.78 is 21.5.